The van der Waals surface area contributed by atoms with Crippen molar-refractivity contribution in [2.75, 3.05) is 0 Å². The van der Waals surface area contributed by atoms with Gasteiger partial charge in [0.2, 0.25) is 0 Å². The van der Waals surface area contributed by atoms with Crippen molar-refractivity contribution in [2.24, 2.45) is 7.05 Å². The van der Waals surface area contributed by atoms with E-state index < -0.39 is 5.76 Å². The molecule has 3 aromatic rings. The Balaban J connectivity index is 1.76. The van der Waals surface area contributed by atoms with Crippen molar-refractivity contribution in [1.29, 1.82) is 0 Å². The molecule has 0 aliphatic heterocycles. The molecule has 0 fully saturated rings. The molecule has 22 heavy (non-hydrogen) atoms. The number of hydrogen-bond donors (Lipinski definition) is 1. The zero-order chi connectivity index (χ0) is 15.7. The van der Waals surface area contributed by atoms with Crippen molar-refractivity contribution >= 4 is 17.0 Å². The molecule has 0 atom stereocenters. The number of carbonyl (C=O) groups excluding carboxylic acids is 1. The second-order valence-electron chi connectivity index (χ2n) is 5.28. The van der Waals surface area contributed by atoms with Gasteiger partial charge in [-0.05, 0) is 36.8 Å². The highest BCUT2D eigenvalue weighted by atomic mass is 16.4. The number of amides is 1. The van der Waals surface area contributed by atoms with Crippen LogP contribution in [0.1, 0.15) is 21.5 Å². The van der Waals surface area contributed by atoms with Gasteiger partial charge < -0.3 is 9.73 Å². The van der Waals surface area contributed by atoms with Crippen molar-refractivity contribution in [2.45, 2.75) is 13.5 Å². The van der Waals surface area contributed by atoms with E-state index >= 15 is 0 Å². The average Bonchev–Trinajstić information content (AvgIpc) is 2.80. The van der Waals surface area contributed by atoms with E-state index in [0.717, 1.165) is 11.1 Å². The Morgan fingerprint density at radius 3 is 2.64 bits per heavy atom. The van der Waals surface area contributed by atoms with Crippen LogP contribution in [0.25, 0.3) is 11.1 Å². The van der Waals surface area contributed by atoms with E-state index in [4.69, 9.17) is 4.42 Å². The molecule has 0 saturated carbocycles. The maximum Gasteiger partial charge on any atom is 0.419 e. The minimum absolute atomic E-state index is 0.124. The molecule has 0 unspecified atom stereocenters. The zero-order valence-electron chi connectivity index (χ0n) is 12.4. The molecule has 5 nitrogen and oxygen atoms in total. The monoisotopic (exact) mass is 296 g/mol. The number of fused-ring (bicyclic) bond motifs is 1. The molecule has 1 N–H and O–H groups in total. The summed E-state index contributed by atoms with van der Waals surface area (Å²) in [5.41, 5.74) is 3.91. The van der Waals surface area contributed by atoms with Gasteiger partial charge in [0.15, 0.2) is 5.58 Å². The normalized spacial score (nSPS) is 10.8. The van der Waals surface area contributed by atoms with Gasteiger partial charge in [0.1, 0.15) is 0 Å². The smallest absolute Gasteiger partial charge is 0.408 e. The standard InChI is InChI=1S/C17H16N2O3/c1-11-3-6-13(7-4-11)16(20)18-10-12-5-8-15-14(9-12)19(2)17(21)22-15/h3-9H,10H2,1-2H3,(H,18,20). The Labute approximate surface area is 127 Å². The third-order valence-corrected chi connectivity index (χ3v) is 3.62. The molecule has 0 bridgehead atoms. The first-order valence-corrected chi connectivity index (χ1v) is 6.98. The van der Waals surface area contributed by atoms with Crippen LogP contribution in [0.15, 0.2) is 51.7 Å². The minimum Gasteiger partial charge on any atom is -0.408 e. The van der Waals surface area contributed by atoms with E-state index in [9.17, 15) is 9.59 Å². The summed E-state index contributed by atoms with van der Waals surface area (Å²) < 4.78 is 6.52. The molecule has 2 aromatic carbocycles. The highest BCUT2D eigenvalue weighted by Gasteiger charge is 2.08. The molecule has 1 aromatic heterocycles. The summed E-state index contributed by atoms with van der Waals surface area (Å²) in [7, 11) is 1.66. The van der Waals surface area contributed by atoms with E-state index in [-0.39, 0.29) is 5.91 Å². The molecule has 0 spiro atoms. The first kappa shape index (κ1) is 14.1. The highest BCUT2D eigenvalue weighted by molar-refractivity contribution is 5.94. The van der Waals surface area contributed by atoms with Gasteiger partial charge in [-0.1, -0.05) is 23.8 Å². The topological polar surface area (TPSA) is 64.2 Å². The minimum atomic E-state index is -0.393. The highest BCUT2D eigenvalue weighted by Crippen LogP contribution is 2.14. The van der Waals surface area contributed by atoms with Gasteiger partial charge in [0, 0.05) is 19.2 Å². The first-order valence-electron chi connectivity index (χ1n) is 6.98. The number of rotatable bonds is 3. The van der Waals surface area contributed by atoms with Crippen LogP contribution in [0.4, 0.5) is 0 Å². The fourth-order valence-corrected chi connectivity index (χ4v) is 2.27. The van der Waals surface area contributed by atoms with Crippen LogP contribution in [0.2, 0.25) is 0 Å². The third-order valence-electron chi connectivity index (χ3n) is 3.62. The second kappa shape index (κ2) is 5.52. The Kier molecular flexibility index (Phi) is 3.55. The van der Waals surface area contributed by atoms with Crippen LogP contribution >= 0.6 is 0 Å². The fraction of sp³-hybridized carbons (Fsp3) is 0.176. The molecule has 0 radical (unpaired) electrons. The third kappa shape index (κ3) is 2.65. The van der Waals surface area contributed by atoms with Crippen molar-refractivity contribution < 1.29 is 9.21 Å². The molecule has 0 saturated heterocycles. The van der Waals surface area contributed by atoms with Gasteiger partial charge in [0.25, 0.3) is 5.91 Å². The summed E-state index contributed by atoms with van der Waals surface area (Å²) in [4.78, 5) is 23.5. The molecule has 1 amide bonds. The van der Waals surface area contributed by atoms with E-state index in [1.54, 1.807) is 25.2 Å². The molecule has 1 heterocycles. The summed E-state index contributed by atoms with van der Waals surface area (Å²) in [5.74, 6) is -0.517. The van der Waals surface area contributed by atoms with Gasteiger partial charge in [0.05, 0.1) is 5.52 Å². The molecular formula is C17H16N2O3. The number of nitrogens with one attached hydrogen (secondary N) is 1. The number of aromatic nitrogens is 1. The van der Waals surface area contributed by atoms with E-state index in [1.165, 1.54) is 4.57 Å². The molecule has 0 aliphatic rings. The molecule has 5 heteroatoms. The van der Waals surface area contributed by atoms with Crippen molar-refractivity contribution in [3.63, 3.8) is 0 Å². The Bertz CT molecular complexity index is 888. The molecule has 0 aliphatic carbocycles. The summed E-state index contributed by atoms with van der Waals surface area (Å²) in [6.07, 6.45) is 0. The van der Waals surface area contributed by atoms with Gasteiger partial charge in [-0.15, -0.1) is 0 Å². The van der Waals surface area contributed by atoms with Gasteiger partial charge in [-0.3, -0.25) is 9.36 Å². The Morgan fingerprint density at radius 1 is 1.18 bits per heavy atom. The van der Waals surface area contributed by atoms with Gasteiger partial charge in [-0.2, -0.15) is 0 Å². The second-order valence-corrected chi connectivity index (χ2v) is 5.28. The van der Waals surface area contributed by atoms with Crippen molar-refractivity contribution in [3.05, 3.63) is 69.7 Å². The molecule has 3 rings (SSSR count). The summed E-state index contributed by atoms with van der Waals surface area (Å²) in [5, 5.41) is 2.87. The number of benzene rings is 2. The maximum atomic E-state index is 12.1. The predicted molar refractivity (Wildman–Crippen MR) is 83.8 cm³/mol. The lowest BCUT2D eigenvalue weighted by Crippen LogP contribution is -2.22. The molecule has 112 valence electrons. The number of oxazole rings is 1. The van der Waals surface area contributed by atoms with Gasteiger partial charge >= 0.3 is 5.76 Å². The van der Waals surface area contributed by atoms with E-state index in [2.05, 4.69) is 5.32 Å². The Hall–Kier alpha value is -2.82. The predicted octanol–water partition coefficient (Wildman–Crippen LogP) is 2.37. The van der Waals surface area contributed by atoms with Crippen molar-refractivity contribution in [3.8, 4) is 0 Å². The lowest BCUT2D eigenvalue weighted by atomic mass is 10.1. The van der Waals surface area contributed by atoms with Crippen molar-refractivity contribution in [1.82, 2.24) is 9.88 Å². The van der Waals surface area contributed by atoms with E-state index in [0.29, 0.717) is 23.2 Å². The van der Waals surface area contributed by atoms with Gasteiger partial charge in [-0.25, -0.2) is 4.79 Å². The number of aryl methyl sites for hydroxylation is 2. The van der Waals surface area contributed by atoms with Crippen LogP contribution in [-0.4, -0.2) is 10.5 Å². The van der Waals surface area contributed by atoms with Crippen LogP contribution < -0.4 is 11.1 Å². The quantitative estimate of drug-likeness (QED) is 0.807. The maximum absolute atomic E-state index is 12.1. The fourth-order valence-electron chi connectivity index (χ4n) is 2.27. The number of hydrogen-bond acceptors (Lipinski definition) is 3. The largest absolute Gasteiger partial charge is 0.419 e. The number of nitrogens with zero attached hydrogens (tertiary/aromatic N) is 1. The van der Waals surface area contributed by atoms with Crippen LogP contribution in [-0.2, 0) is 13.6 Å². The summed E-state index contributed by atoms with van der Waals surface area (Å²) >= 11 is 0. The van der Waals surface area contributed by atoms with E-state index in [1.807, 2.05) is 31.2 Å². The summed E-state index contributed by atoms with van der Waals surface area (Å²) in [6.45, 7) is 2.37. The Morgan fingerprint density at radius 2 is 1.91 bits per heavy atom. The lowest BCUT2D eigenvalue weighted by molar-refractivity contribution is 0.0951. The first-order chi connectivity index (χ1) is 10.5. The SMILES string of the molecule is Cc1ccc(C(=O)NCc2ccc3oc(=O)n(C)c3c2)cc1. The molecular weight excluding hydrogens is 280 g/mol. The average molecular weight is 296 g/mol. The van der Waals surface area contributed by atoms with Crippen LogP contribution in [0.3, 0.4) is 0 Å². The lowest BCUT2D eigenvalue weighted by Gasteiger charge is -2.06. The summed E-state index contributed by atoms with van der Waals surface area (Å²) in [6, 6.07) is 12.8. The zero-order valence-corrected chi connectivity index (χ0v) is 12.4. The van der Waals surface area contributed by atoms with Crippen LogP contribution in [0, 0.1) is 6.92 Å². The van der Waals surface area contributed by atoms with Crippen LogP contribution in [0.5, 0.6) is 0 Å². The number of carbonyl (C=O) groups is 1.